The Morgan fingerprint density at radius 3 is 2.00 bits per heavy atom. The van der Waals surface area contributed by atoms with Crippen LogP contribution in [-0.2, 0) is 12.8 Å². The molecule has 0 atom stereocenters. The Bertz CT molecular complexity index is 303. The van der Waals surface area contributed by atoms with E-state index in [4.69, 9.17) is 0 Å². The van der Waals surface area contributed by atoms with Crippen molar-refractivity contribution in [1.29, 1.82) is 0 Å². The average Bonchev–Trinajstić information content (AvgIpc) is 2.28. The first-order valence-corrected chi connectivity index (χ1v) is 5.66. The molecule has 0 bridgehead atoms. The zero-order valence-electron chi connectivity index (χ0n) is 9.58. The summed E-state index contributed by atoms with van der Waals surface area (Å²) in [5.41, 5.74) is 2.83. The largest absolute Gasteiger partial charge is 0.103 e. The fraction of sp³-hybridized carbons (Fsp3) is 0.333. The lowest BCUT2D eigenvalue weighted by Crippen LogP contribution is -1.86. The topological polar surface area (TPSA) is 0 Å². The van der Waals surface area contributed by atoms with Crippen molar-refractivity contribution >= 4 is 0 Å². The minimum absolute atomic E-state index is 1.07. The summed E-state index contributed by atoms with van der Waals surface area (Å²) in [7, 11) is 0. The molecule has 0 unspecified atom stereocenters. The lowest BCUT2D eigenvalue weighted by Gasteiger charge is -2.01. The molecule has 0 saturated heterocycles. The zero-order chi connectivity index (χ0) is 10.9. The molecule has 15 heavy (non-hydrogen) atoms. The quantitative estimate of drug-likeness (QED) is 0.600. The van der Waals surface area contributed by atoms with E-state index in [0.717, 1.165) is 25.7 Å². The second-order valence-electron chi connectivity index (χ2n) is 3.75. The van der Waals surface area contributed by atoms with E-state index >= 15 is 0 Å². The molecule has 0 fully saturated rings. The normalized spacial score (nSPS) is 10.7. The van der Waals surface area contributed by atoms with E-state index in [1.54, 1.807) is 0 Å². The molecular formula is C15H20. The van der Waals surface area contributed by atoms with Gasteiger partial charge in [0.15, 0.2) is 0 Å². The van der Waals surface area contributed by atoms with Crippen molar-refractivity contribution in [2.75, 3.05) is 0 Å². The van der Waals surface area contributed by atoms with Gasteiger partial charge in [0.1, 0.15) is 0 Å². The highest BCUT2D eigenvalue weighted by atomic mass is 14.0. The summed E-state index contributed by atoms with van der Waals surface area (Å²) < 4.78 is 0. The van der Waals surface area contributed by atoms with Crippen LogP contribution < -0.4 is 0 Å². The highest BCUT2D eigenvalue weighted by Crippen LogP contribution is 2.09. The lowest BCUT2D eigenvalue weighted by atomic mass is 10.0. The fourth-order valence-electron chi connectivity index (χ4n) is 1.56. The third kappa shape index (κ3) is 4.64. The van der Waals surface area contributed by atoms with Crippen molar-refractivity contribution in [1.82, 2.24) is 0 Å². The molecule has 80 valence electrons. The van der Waals surface area contributed by atoms with Gasteiger partial charge >= 0.3 is 0 Å². The van der Waals surface area contributed by atoms with Gasteiger partial charge in [0.05, 0.1) is 0 Å². The third-order valence-electron chi connectivity index (χ3n) is 2.50. The maximum Gasteiger partial charge on any atom is -0.0244 e. The zero-order valence-corrected chi connectivity index (χ0v) is 9.58. The van der Waals surface area contributed by atoms with Gasteiger partial charge in [0.2, 0.25) is 0 Å². The van der Waals surface area contributed by atoms with Crippen molar-refractivity contribution < 1.29 is 0 Å². The van der Waals surface area contributed by atoms with Crippen LogP contribution in [0.3, 0.4) is 0 Å². The maximum absolute atomic E-state index is 3.74. The van der Waals surface area contributed by atoms with Gasteiger partial charge in [0.25, 0.3) is 0 Å². The number of hydrogen-bond acceptors (Lipinski definition) is 0. The van der Waals surface area contributed by atoms with Gasteiger partial charge in [-0.25, -0.2) is 0 Å². The van der Waals surface area contributed by atoms with Gasteiger partial charge in [-0.3, -0.25) is 0 Å². The van der Waals surface area contributed by atoms with E-state index < -0.39 is 0 Å². The second kappa shape index (κ2) is 7.05. The smallest absolute Gasteiger partial charge is 0.0244 e. The Hall–Kier alpha value is -1.30. The Morgan fingerprint density at radius 2 is 1.53 bits per heavy atom. The molecule has 0 N–H and O–H groups in total. The molecule has 0 radical (unpaired) electrons. The first-order valence-electron chi connectivity index (χ1n) is 5.66. The molecule has 1 aromatic carbocycles. The first kappa shape index (κ1) is 11.8. The predicted molar refractivity (Wildman–Crippen MR) is 68.1 cm³/mol. The van der Waals surface area contributed by atoms with Crippen LogP contribution in [0, 0.1) is 0 Å². The van der Waals surface area contributed by atoms with Crippen LogP contribution >= 0.6 is 0 Å². The average molecular weight is 200 g/mol. The molecule has 0 heterocycles. The minimum atomic E-state index is 1.07. The van der Waals surface area contributed by atoms with Gasteiger partial charge in [-0.05, 0) is 43.7 Å². The SMILES string of the molecule is C=CCCc1ccc(CC/C=C/C)cc1. The first-order chi connectivity index (χ1) is 7.36. The lowest BCUT2D eigenvalue weighted by molar-refractivity contribution is 0.977. The van der Waals surface area contributed by atoms with Crippen molar-refractivity contribution in [3.05, 3.63) is 60.2 Å². The van der Waals surface area contributed by atoms with E-state index in [1.165, 1.54) is 11.1 Å². The molecule has 0 aromatic heterocycles. The van der Waals surface area contributed by atoms with Crippen LogP contribution in [0.5, 0.6) is 0 Å². The number of hydrogen-bond donors (Lipinski definition) is 0. The van der Waals surface area contributed by atoms with E-state index in [2.05, 4.69) is 49.9 Å². The van der Waals surface area contributed by atoms with Gasteiger partial charge in [-0.15, -0.1) is 6.58 Å². The Morgan fingerprint density at radius 1 is 1.00 bits per heavy atom. The van der Waals surface area contributed by atoms with Crippen molar-refractivity contribution in [3.8, 4) is 0 Å². The van der Waals surface area contributed by atoms with E-state index in [-0.39, 0.29) is 0 Å². The van der Waals surface area contributed by atoms with E-state index in [9.17, 15) is 0 Å². The fourth-order valence-corrected chi connectivity index (χ4v) is 1.56. The molecule has 0 aliphatic heterocycles. The molecule has 0 saturated carbocycles. The molecule has 0 spiro atoms. The number of rotatable bonds is 6. The summed E-state index contributed by atoms with van der Waals surface area (Å²) in [6.07, 6.45) is 10.8. The van der Waals surface area contributed by atoms with Crippen LogP contribution in [0.25, 0.3) is 0 Å². The van der Waals surface area contributed by atoms with Gasteiger partial charge in [0, 0.05) is 0 Å². The van der Waals surface area contributed by atoms with Crippen LogP contribution in [0.1, 0.15) is 30.9 Å². The summed E-state index contributed by atoms with van der Waals surface area (Å²) in [6.45, 7) is 5.80. The molecule has 0 nitrogen and oxygen atoms in total. The van der Waals surface area contributed by atoms with Crippen LogP contribution in [0.4, 0.5) is 0 Å². The highest BCUT2D eigenvalue weighted by molar-refractivity contribution is 5.23. The number of benzene rings is 1. The monoisotopic (exact) mass is 200 g/mol. The molecular weight excluding hydrogens is 180 g/mol. The van der Waals surface area contributed by atoms with Gasteiger partial charge in [-0.1, -0.05) is 42.5 Å². The highest BCUT2D eigenvalue weighted by Gasteiger charge is 1.93. The van der Waals surface area contributed by atoms with Crippen LogP contribution in [0.2, 0.25) is 0 Å². The van der Waals surface area contributed by atoms with E-state index in [1.807, 2.05) is 6.08 Å². The maximum atomic E-state index is 3.74. The Labute approximate surface area is 93.3 Å². The molecule has 1 aromatic rings. The summed E-state index contributed by atoms with van der Waals surface area (Å²) in [6, 6.07) is 8.94. The predicted octanol–water partition coefficient (Wildman–Crippen LogP) is 4.31. The molecule has 0 heteroatoms. The molecule has 0 aliphatic rings. The number of allylic oxidation sites excluding steroid dienone is 3. The van der Waals surface area contributed by atoms with Crippen LogP contribution in [-0.4, -0.2) is 0 Å². The second-order valence-corrected chi connectivity index (χ2v) is 3.75. The minimum Gasteiger partial charge on any atom is -0.103 e. The standard InChI is InChI=1S/C15H20/c1-3-5-7-9-15-12-10-14(11-13-15)8-6-4-2/h3-5,10-13H,2,6-9H2,1H3/b5-3+. The van der Waals surface area contributed by atoms with Crippen molar-refractivity contribution in [3.63, 3.8) is 0 Å². The summed E-state index contributed by atoms with van der Waals surface area (Å²) >= 11 is 0. The number of aryl methyl sites for hydroxylation is 2. The summed E-state index contributed by atoms with van der Waals surface area (Å²) in [4.78, 5) is 0. The molecule has 0 amide bonds. The molecule has 0 aliphatic carbocycles. The Balaban J connectivity index is 2.44. The molecule has 1 rings (SSSR count). The van der Waals surface area contributed by atoms with Crippen LogP contribution in [0.15, 0.2) is 49.1 Å². The Kier molecular flexibility index (Phi) is 5.54. The summed E-state index contributed by atoms with van der Waals surface area (Å²) in [5, 5.41) is 0. The van der Waals surface area contributed by atoms with E-state index in [0.29, 0.717) is 0 Å². The van der Waals surface area contributed by atoms with Gasteiger partial charge in [-0.2, -0.15) is 0 Å². The summed E-state index contributed by atoms with van der Waals surface area (Å²) in [5.74, 6) is 0. The van der Waals surface area contributed by atoms with Gasteiger partial charge < -0.3 is 0 Å². The van der Waals surface area contributed by atoms with Crippen molar-refractivity contribution in [2.45, 2.75) is 32.6 Å². The van der Waals surface area contributed by atoms with Crippen molar-refractivity contribution in [2.24, 2.45) is 0 Å². The third-order valence-corrected chi connectivity index (χ3v) is 2.50.